The Morgan fingerprint density at radius 3 is 2.11 bits per heavy atom. The Kier molecular flexibility index (Phi) is 3.08. The number of benzene rings is 2. The normalized spacial score (nSPS) is 15.8. The van der Waals surface area contributed by atoms with E-state index in [0.29, 0.717) is 6.54 Å². The van der Waals surface area contributed by atoms with Crippen LogP contribution in [0.5, 0.6) is 0 Å². The number of amides is 1. The minimum absolute atomic E-state index is 0.155. The van der Waals surface area contributed by atoms with Crippen LogP contribution in [0.1, 0.15) is 24.0 Å². The molecule has 0 aromatic heterocycles. The van der Waals surface area contributed by atoms with E-state index in [-0.39, 0.29) is 11.3 Å². The summed E-state index contributed by atoms with van der Waals surface area (Å²) in [7, 11) is 0. The molecule has 0 heterocycles. The zero-order chi connectivity index (χ0) is 13.1. The fourth-order valence-electron chi connectivity index (χ4n) is 2.48. The second-order valence-corrected chi connectivity index (χ2v) is 5.12. The van der Waals surface area contributed by atoms with Crippen LogP contribution in [-0.4, -0.2) is 5.91 Å². The van der Waals surface area contributed by atoms with E-state index in [9.17, 15) is 4.79 Å². The monoisotopic (exact) mass is 251 g/mol. The van der Waals surface area contributed by atoms with Crippen molar-refractivity contribution in [2.45, 2.75) is 24.8 Å². The molecular formula is C17H17NO. The summed E-state index contributed by atoms with van der Waals surface area (Å²) < 4.78 is 0. The van der Waals surface area contributed by atoms with Gasteiger partial charge in [-0.25, -0.2) is 0 Å². The summed E-state index contributed by atoms with van der Waals surface area (Å²) in [5.74, 6) is 0.155. The highest BCUT2D eigenvalue weighted by molar-refractivity contribution is 5.91. The van der Waals surface area contributed by atoms with Gasteiger partial charge in [0, 0.05) is 6.54 Å². The van der Waals surface area contributed by atoms with E-state index in [0.717, 1.165) is 24.0 Å². The van der Waals surface area contributed by atoms with Gasteiger partial charge in [-0.1, -0.05) is 60.7 Å². The van der Waals surface area contributed by atoms with Crippen LogP contribution in [0, 0.1) is 0 Å². The number of nitrogens with one attached hydrogen (secondary N) is 1. The number of hydrogen-bond acceptors (Lipinski definition) is 1. The largest absolute Gasteiger partial charge is 0.351 e. The predicted molar refractivity (Wildman–Crippen MR) is 75.6 cm³/mol. The summed E-state index contributed by atoms with van der Waals surface area (Å²) >= 11 is 0. The number of carbonyl (C=O) groups is 1. The third-order valence-corrected chi connectivity index (χ3v) is 3.81. The molecule has 0 atom stereocenters. The molecule has 1 fully saturated rings. The molecular weight excluding hydrogens is 234 g/mol. The molecule has 96 valence electrons. The first-order chi connectivity index (χ1) is 9.31. The molecule has 1 aliphatic rings. The van der Waals surface area contributed by atoms with E-state index >= 15 is 0 Å². The van der Waals surface area contributed by atoms with Crippen molar-refractivity contribution < 1.29 is 4.79 Å². The number of hydrogen-bond donors (Lipinski definition) is 1. The van der Waals surface area contributed by atoms with Crippen molar-refractivity contribution in [2.75, 3.05) is 0 Å². The first-order valence-electron chi connectivity index (χ1n) is 6.69. The molecule has 1 N–H and O–H groups in total. The summed E-state index contributed by atoms with van der Waals surface area (Å²) in [6.07, 6.45) is 1.91. The van der Waals surface area contributed by atoms with Gasteiger partial charge in [-0.3, -0.25) is 4.79 Å². The fraction of sp³-hybridized carbons (Fsp3) is 0.235. The van der Waals surface area contributed by atoms with Crippen molar-refractivity contribution >= 4 is 5.91 Å². The highest BCUT2D eigenvalue weighted by atomic mass is 16.2. The number of carbonyl (C=O) groups excluding carboxylic acids is 1. The summed E-state index contributed by atoms with van der Waals surface area (Å²) in [5, 5.41) is 3.06. The minimum atomic E-state index is -0.268. The van der Waals surface area contributed by atoms with E-state index in [1.807, 2.05) is 48.5 Å². The van der Waals surface area contributed by atoms with Crippen LogP contribution in [0.2, 0.25) is 0 Å². The quantitative estimate of drug-likeness (QED) is 0.889. The molecule has 2 nitrogen and oxygen atoms in total. The van der Waals surface area contributed by atoms with Crippen LogP contribution < -0.4 is 5.32 Å². The average molecular weight is 251 g/mol. The topological polar surface area (TPSA) is 29.1 Å². The second-order valence-electron chi connectivity index (χ2n) is 5.12. The van der Waals surface area contributed by atoms with Crippen LogP contribution in [0.25, 0.3) is 0 Å². The molecule has 0 unspecified atom stereocenters. The van der Waals surface area contributed by atoms with Crippen molar-refractivity contribution in [1.29, 1.82) is 0 Å². The Labute approximate surface area is 113 Å². The van der Waals surface area contributed by atoms with Gasteiger partial charge in [0.1, 0.15) is 0 Å². The van der Waals surface area contributed by atoms with Crippen molar-refractivity contribution in [2.24, 2.45) is 0 Å². The SMILES string of the molecule is O=C(NCc1ccccc1)C1(c2ccccc2)CC1. The average Bonchev–Trinajstić information content (AvgIpc) is 3.28. The zero-order valence-electron chi connectivity index (χ0n) is 10.8. The lowest BCUT2D eigenvalue weighted by Gasteiger charge is -2.15. The van der Waals surface area contributed by atoms with Crippen LogP contribution in [0.4, 0.5) is 0 Å². The Hall–Kier alpha value is -2.09. The van der Waals surface area contributed by atoms with Crippen LogP contribution in [0.3, 0.4) is 0 Å². The maximum atomic E-state index is 12.4. The van der Waals surface area contributed by atoms with E-state index < -0.39 is 0 Å². The smallest absolute Gasteiger partial charge is 0.230 e. The summed E-state index contributed by atoms with van der Waals surface area (Å²) in [4.78, 5) is 12.4. The Morgan fingerprint density at radius 1 is 0.947 bits per heavy atom. The van der Waals surface area contributed by atoms with Gasteiger partial charge in [0.25, 0.3) is 0 Å². The molecule has 2 aromatic carbocycles. The number of rotatable bonds is 4. The molecule has 1 amide bonds. The van der Waals surface area contributed by atoms with Gasteiger partial charge in [-0.05, 0) is 24.0 Å². The van der Waals surface area contributed by atoms with E-state index in [1.54, 1.807) is 0 Å². The molecule has 2 heteroatoms. The van der Waals surface area contributed by atoms with Gasteiger partial charge in [-0.2, -0.15) is 0 Å². The molecule has 1 saturated carbocycles. The van der Waals surface area contributed by atoms with E-state index in [2.05, 4.69) is 17.4 Å². The predicted octanol–water partition coefficient (Wildman–Crippen LogP) is 3.03. The standard InChI is InChI=1S/C17H17NO/c19-16(18-13-14-7-3-1-4-8-14)17(11-12-17)15-9-5-2-6-10-15/h1-10H,11-13H2,(H,18,19). The highest BCUT2D eigenvalue weighted by Gasteiger charge is 2.50. The second kappa shape index (κ2) is 4.88. The van der Waals surface area contributed by atoms with Gasteiger partial charge < -0.3 is 5.32 Å². The van der Waals surface area contributed by atoms with Crippen LogP contribution >= 0.6 is 0 Å². The van der Waals surface area contributed by atoms with Crippen molar-refractivity contribution in [1.82, 2.24) is 5.32 Å². The third kappa shape index (κ3) is 2.39. The van der Waals surface area contributed by atoms with Crippen molar-refractivity contribution in [3.63, 3.8) is 0 Å². The molecule has 0 spiro atoms. The molecule has 2 aromatic rings. The van der Waals surface area contributed by atoms with Gasteiger partial charge in [0.15, 0.2) is 0 Å². The van der Waals surface area contributed by atoms with E-state index in [4.69, 9.17) is 0 Å². The van der Waals surface area contributed by atoms with Crippen LogP contribution in [0.15, 0.2) is 60.7 Å². The lowest BCUT2D eigenvalue weighted by Crippen LogP contribution is -2.34. The Bertz CT molecular complexity index is 558. The lowest BCUT2D eigenvalue weighted by atomic mass is 9.95. The summed E-state index contributed by atoms with van der Waals surface area (Å²) in [6, 6.07) is 20.1. The fourth-order valence-corrected chi connectivity index (χ4v) is 2.48. The third-order valence-electron chi connectivity index (χ3n) is 3.81. The molecule has 0 bridgehead atoms. The van der Waals surface area contributed by atoms with Crippen LogP contribution in [-0.2, 0) is 16.8 Å². The van der Waals surface area contributed by atoms with E-state index in [1.165, 1.54) is 0 Å². The first kappa shape index (κ1) is 12.0. The van der Waals surface area contributed by atoms with Gasteiger partial charge in [-0.15, -0.1) is 0 Å². The Balaban J connectivity index is 1.68. The molecule has 0 aliphatic heterocycles. The molecule has 0 radical (unpaired) electrons. The lowest BCUT2D eigenvalue weighted by molar-refractivity contribution is -0.123. The van der Waals surface area contributed by atoms with Crippen molar-refractivity contribution in [3.05, 3.63) is 71.8 Å². The highest BCUT2D eigenvalue weighted by Crippen LogP contribution is 2.48. The molecule has 0 saturated heterocycles. The Morgan fingerprint density at radius 2 is 1.53 bits per heavy atom. The van der Waals surface area contributed by atoms with Gasteiger partial charge in [0.2, 0.25) is 5.91 Å². The zero-order valence-corrected chi connectivity index (χ0v) is 10.8. The maximum absolute atomic E-state index is 12.4. The molecule has 19 heavy (non-hydrogen) atoms. The first-order valence-corrected chi connectivity index (χ1v) is 6.69. The minimum Gasteiger partial charge on any atom is -0.351 e. The maximum Gasteiger partial charge on any atom is 0.230 e. The molecule has 3 rings (SSSR count). The van der Waals surface area contributed by atoms with Crippen molar-refractivity contribution in [3.8, 4) is 0 Å². The van der Waals surface area contributed by atoms with Gasteiger partial charge >= 0.3 is 0 Å². The molecule has 1 aliphatic carbocycles. The summed E-state index contributed by atoms with van der Waals surface area (Å²) in [5.41, 5.74) is 2.01. The van der Waals surface area contributed by atoms with Gasteiger partial charge in [0.05, 0.1) is 5.41 Å². The summed E-state index contributed by atoms with van der Waals surface area (Å²) in [6.45, 7) is 0.605.